The van der Waals surface area contributed by atoms with Gasteiger partial charge < -0.3 is 19.4 Å². The molecule has 4 aromatic rings. The monoisotopic (exact) mass is 491 g/mol. The number of imidazole rings is 1. The van der Waals surface area contributed by atoms with Crippen LogP contribution in [0.2, 0.25) is 0 Å². The minimum Gasteiger partial charge on any atom is -0.457 e. The Morgan fingerprint density at radius 1 is 1.11 bits per heavy atom. The van der Waals surface area contributed by atoms with Crippen molar-refractivity contribution < 1.29 is 9.47 Å². The molecular formula is C32H33N3O2. The third-order valence-electron chi connectivity index (χ3n) is 8.44. The van der Waals surface area contributed by atoms with Crippen molar-refractivity contribution in [2.45, 2.75) is 38.1 Å². The molecule has 3 aliphatic rings. The van der Waals surface area contributed by atoms with Gasteiger partial charge in [-0.1, -0.05) is 30.3 Å². The third kappa shape index (κ3) is 4.31. The lowest BCUT2D eigenvalue weighted by Crippen LogP contribution is -2.21. The molecule has 2 heterocycles. The second kappa shape index (κ2) is 9.07. The molecule has 0 spiro atoms. The Morgan fingerprint density at radius 2 is 2.05 bits per heavy atom. The summed E-state index contributed by atoms with van der Waals surface area (Å²) < 4.78 is 13.9. The number of nitrogens with zero attached hydrogens (tertiary/aromatic N) is 2. The minimum atomic E-state index is 0.226. The number of ether oxygens (including phenoxy) is 2. The smallest absolute Gasteiger partial charge is 0.129 e. The summed E-state index contributed by atoms with van der Waals surface area (Å²) in [7, 11) is 2.00. The van der Waals surface area contributed by atoms with Crippen LogP contribution in [0.3, 0.4) is 0 Å². The van der Waals surface area contributed by atoms with E-state index in [9.17, 15) is 0 Å². The summed E-state index contributed by atoms with van der Waals surface area (Å²) in [6.45, 7) is 4.05. The highest BCUT2D eigenvalue weighted by Gasteiger charge is 2.44. The summed E-state index contributed by atoms with van der Waals surface area (Å²) in [6.07, 6.45) is 9.60. The van der Waals surface area contributed by atoms with E-state index in [2.05, 4.69) is 71.8 Å². The standard InChI is InChI=1S/C32H33N3O2/c1-20-14-24(8-11-32(20)37-25-9-10-31-30(16-25)33-19-35(31)2)34-29-5-3-4-21-6-7-22(15-28(21)29)26-17-27(26)23-12-13-36-18-23/h3-11,15-16,19,23-24,26-27,34H,12-14,17-18H2,1-2H3. The molecule has 188 valence electrons. The van der Waals surface area contributed by atoms with Gasteiger partial charge in [0.2, 0.25) is 0 Å². The fourth-order valence-electron chi connectivity index (χ4n) is 6.23. The Morgan fingerprint density at radius 3 is 2.92 bits per heavy atom. The molecule has 5 heteroatoms. The first-order valence-corrected chi connectivity index (χ1v) is 13.5. The molecule has 1 aromatic heterocycles. The van der Waals surface area contributed by atoms with Gasteiger partial charge in [0.05, 0.1) is 17.4 Å². The Kier molecular flexibility index (Phi) is 5.54. The van der Waals surface area contributed by atoms with Gasteiger partial charge in [-0.3, -0.25) is 0 Å². The van der Waals surface area contributed by atoms with Gasteiger partial charge >= 0.3 is 0 Å². The first kappa shape index (κ1) is 22.6. The van der Waals surface area contributed by atoms with Gasteiger partial charge in [0.15, 0.2) is 0 Å². The van der Waals surface area contributed by atoms with E-state index in [0.717, 1.165) is 54.0 Å². The van der Waals surface area contributed by atoms with Crippen LogP contribution in [0, 0.1) is 11.8 Å². The van der Waals surface area contributed by atoms with Crippen LogP contribution < -0.4 is 10.1 Å². The summed E-state index contributed by atoms with van der Waals surface area (Å²) in [5.74, 6) is 3.98. The minimum absolute atomic E-state index is 0.226. The Hall–Kier alpha value is -3.57. The summed E-state index contributed by atoms with van der Waals surface area (Å²) >= 11 is 0. The second-order valence-electron chi connectivity index (χ2n) is 11.0. The van der Waals surface area contributed by atoms with Crippen LogP contribution in [0.5, 0.6) is 5.75 Å². The number of benzene rings is 3. The highest BCUT2D eigenvalue weighted by Crippen LogP contribution is 2.54. The zero-order valence-electron chi connectivity index (χ0n) is 21.5. The van der Waals surface area contributed by atoms with Crippen LogP contribution in [-0.4, -0.2) is 28.8 Å². The number of allylic oxidation sites excluding steroid dienone is 1. The molecule has 37 heavy (non-hydrogen) atoms. The number of anilines is 1. The normalized spacial score (nSPS) is 25.2. The number of nitrogens with one attached hydrogen (secondary N) is 1. The largest absolute Gasteiger partial charge is 0.457 e. The van der Waals surface area contributed by atoms with Crippen LogP contribution in [0.1, 0.15) is 37.7 Å². The summed E-state index contributed by atoms with van der Waals surface area (Å²) in [4.78, 5) is 4.45. The van der Waals surface area contributed by atoms with E-state index < -0.39 is 0 Å². The Balaban J connectivity index is 1.07. The number of hydrogen-bond acceptors (Lipinski definition) is 4. The van der Waals surface area contributed by atoms with Crippen molar-refractivity contribution >= 4 is 27.5 Å². The molecule has 0 amide bonds. The van der Waals surface area contributed by atoms with E-state index >= 15 is 0 Å². The molecule has 3 aromatic carbocycles. The highest BCUT2D eigenvalue weighted by molar-refractivity contribution is 5.94. The van der Waals surface area contributed by atoms with Gasteiger partial charge in [-0.2, -0.15) is 0 Å². The van der Waals surface area contributed by atoms with Crippen molar-refractivity contribution in [3.63, 3.8) is 0 Å². The summed E-state index contributed by atoms with van der Waals surface area (Å²) in [6, 6.07) is 19.9. The highest BCUT2D eigenvalue weighted by atomic mass is 16.5. The van der Waals surface area contributed by atoms with Gasteiger partial charge in [-0.05, 0) is 90.8 Å². The number of fused-ring (bicyclic) bond motifs is 2. The molecule has 4 unspecified atom stereocenters. The molecule has 0 bridgehead atoms. The second-order valence-corrected chi connectivity index (χ2v) is 11.0. The van der Waals surface area contributed by atoms with Gasteiger partial charge in [0.25, 0.3) is 0 Å². The van der Waals surface area contributed by atoms with Gasteiger partial charge in [0, 0.05) is 43.4 Å². The molecule has 2 fully saturated rings. The first-order chi connectivity index (χ1) is 18.1. The van der Waals surface area contributed by atoms with Crippen LogP contribution in [0.25, 0.3) is 21.8 Å². The topological polar surface area (TPSA) is 48.3 Å². The lowest BCUT2D eigenvalue weighted by molar-refractivity contribution is 0.181. The van der Waals surface area contributed by atoms with Crippen molar-refractivity contribution in [2.24, 2.45) is 18.9 Å². The lowest BCUT2D eigenvalue weighted by atomic mass is 9.96. The predicted molar refractivity (Wildman–Crippen MR) is 149 cm³/mol. The van der Waals surface area contributed by atoms with Gasteiger partial charge in [-0.25, -0.2) is 4.98 Å². The SMILES string of the molecule is CC1=C(Oc2ccc3c(c2)ncn3C)C=CC(Nc2cccc3ccc(C4CC4C4CCOC4)cc23)C1. The average Bonchev–Trinajstić information content (AvgIpc) is 3.34. The maximum Gasteiger partial charge on any atom is 0.129 e. The van der Waals surface area contributed by atoms with Crippen LogP contribution in [0.4, 0.5) is 5.69 Å². The first-order valence-electron chi connectivity index (χ1n) is 13.5. The maximum atomic E-state index is 6.26. The van der Waals surface area contributed by atoms with Crippen molar-refractivity contribution in [1.29, 1.82) is 0 Å². The van der Waals surface area contributed by atoms with E-state index in [0.29, 0.717) is 5.92 Å². The van der Waals surface area contributed by atoms with Gasteiger partial charge in [0.1, 0.15) is 11.5 Å². The molecule has 1 aliphatic heterocycles. The van der Waals surface area contributed by atoms with E-state index in [-0.39, 0.29) is 6.04 Å². The molecule has 5 nitrogen and oxygen atoms in total. The van der Waals surface area contributed by atoms with E-state index in [1.165, 1.54) is 40.4 Å². The van der Waals surface area contributed by atoms with E-state index in [1.54, 1.807) is 0 Å². The number of aromatic nitrogens is 2. The predicted octanol–water partition coefficient (Wildman–Crippen LogP) is 6.96. The molecule has 7 rings (SSSR count). The Labute approximate surface area is 217 Å². The molecule has 1 saturated carbocycles. The molecular weight excluding hydrogens is 458 g/mol. The summed E-state index contributed by atoms with van der Waals surface area (Å²) in [5.41, 5.74) is 5.97. The van der Waals surface area contributed by atoms with Crippen molar-refractivity contribution in [2.75, 3.05) is 18.5 Å². The van der Waals surface area contributed by atoms with Gasteiger partial charge in [-0.15, -0.1) is 0 Å². The fourth-order valence-corrected chi connectivity index (χ4v) is 6.23. The quantitative estimate of drug-likeness (QED) is 0.317. The molecule has 1 saturated heterocycles. The van der Waals surface area contributed by atoms with E-state index in [4.69, 9.17) is 9.47 Å². The summed E-state index contributed by atoms with van der Waals surface area (Å²) in [5, 5.41) is 6.41. The maximum absolute atomic E-state index is 6.26. The fraction of sp³-hybridized carbons (Fsp3) is 0.344. The Bertz CT molecular complexity index is 1540. The zero-order chi connectivity index (χ0) is 24.9. The average molecular weight is 492 g/mol. The third-order valence-corrected chi connectivity index (χ3v) is 8.44. The molecule has 4 atom stereocenters. The van der Waals surface area contributed by atoms with Crippen molar-refractivity contribution in [3.05, 3.63) is 90.0 Å². The van der Waals surface area contributed by atoms with Crippen molar-refractivity contribution in [1.82, 2.24) is 9.55 Å². The van der Waals surface area contributed by atoms with Crippen LogP contribution >= 0.6 is 0 Å². The number of aryl methyl sites for hydroxylation is 1. The van der Waals surface area contributed by atoms with Crippen LogP contribution in [0.15, 0.2) is 84.4 Å². The number of rotatable bonds is 6. The zero-order valence-corrected chi connectivity index (χ0v) is 21.5. The van der Waals surface area contributed by atoms with Crippen molar-refractivity contribution in [3.8, 4) is 5.75 Å². The van der Waals surface area contributed by atoms with E-state index in [1.807, 2.05) is 30.1 Å². The molecule has 1 N–H and O–H groups in total. The van der Waals surface area contributed by atoms with Crippen LogP contribution in [-0.2, 0) is 11.8 Å². The molecule has 2 aliphatic carbocycles. The number of hydrogen-bond donors (Lipinski definition) is 1. The molecule has 0 radical (unpaired) electrons. The lowest BCUT2D eigenvalue weighted by Gasteiger charge is -2.23.